The van der Waals surface area contributed by atoms with Crippen molar-refractivity contribution in [3.05, 3.63) is 0 Å². The first kappa shape index (κ1) is 12.4. The van der Waals surface area contributed by atoms with E-state index in [-0.39, 0.29) is 0 Å². The first-order chi connectivity index (χ1) is 6.63. The maximum absolute atomic E-state index is 2.66. The van der Waals surface area contributed by atoms with Gasteiger partial charge in [0, 0.05) is 17.8 Å². The zero-order valence-corrected chi connectivity index (χ0v) is 10.9. The molecule has 2 heteroatoms. The highest BCUT2D eigenvalue weighted by Gasteiger charge is 2.27. The molecular formula is C12H25NS. The van der Waals surface area contributed by atoms with Crippen LogP contribution in [0.4, 0.5) is 0 Å². The van der Waals surface area contributed by atoms with Crippen molar-refractivity contribution in [1.29, 1.82) is 0 Å². The standard InChI is InChI=1S/C12H25NS/c1-10(2)9-13-8-7-12(13)6-5-11(3)14-4/h10-12H,5-9H2,1-4H3. The van der Waals surface area contributed by atoms with Gasteiger partial charge in [-0.3, -0.25) is 0 Å². The van der Waals surface area contributed by atoms with Crippen molar-refractivity contribution < 1.29 is 0 Å². The van der Waals surface area contributed by atoms with Crippen LogP contribution in [0, 0.1) is 5.92 Å². The van der Waals surface area contributed by atoms with Gasteiger partial charge in [-0.1, -0.05) is 20.8 Å². The molecule has 0 radical (unpaired) electrons. The Morgan fingerprint density at radius 3 is 2.50 bits per heavy atom. The number of rotatable bonds is 6. The fourth-order valence-corrected chi connectivity index (χ4v) is 2.45. The SMILES string of the molecule is CSC(C)CCC1CCN1CC(C)C. The highest BCUT2D eigenvalue weighted by molar-refractivity contribution is 7.99. The lowest BCUT2D eigenvalue weighted by Crippen LogP contribution is -2.49. The average Bonchev–Trinajstić information content (AvgIpc) is 2.12. The van der Waals surface area contributed by atoms with E-state index in [4.69, 9.17) is 0 Å². The lowest BCUT2D eigenvalue weighted by atomic mass is 9.96. The zero-order chi connectivity index (χ0) is 10.6. The smallest absolute Gasteiger partial charge is 0.0108 e. The Morgan fingerprint density at radius 1 is 1.36 bits per heavy atom. The predicted molar refractivity (Wildman–Crippen MR) is 67.0 cm³/mol. The topological polar surface area (TPSA) is 3.24 Å². The monoisotopic (exact) mass is 215 g/mol. The molecule has 0 amide bonds. The molecule has 1 heterocycles. The summed E-state index contributed by atoms with van der Waals surface area (Å²) < 4.78 is 0. The number of hydrogen-bond donors (Lipinski definition) is 0. The summed E-state index contributed by atoms with van der Waals surface area (Å²) in [6.45, 7) is 9.63. The van der Waals surface area contributed by atoms with Gasteiger partial charge in [0.1, 0.15) is 0 Å². The molecule has 1 fully saturated rings. The van der Waals surface area contributed by atoms with Gasteiger partial charge in [-0.2, -0.15) is 11.8 Å². The van der Waals surface area contributed by atoms with Crippen LogP contribution in [-0.4, -0.2) is 35.5 Å². The van der Waals surface area contributed by atoms with Crippen molar-refractivity contribution in [2.45, 2.75) is 51.3 Å². The van der Waals surface area contributed by atoms with Crippen LogP contribution in [0.2, 0.25) is 0 Å². The zero-order valence-electron chi connectivity index (χ0n) is 10.1. The Morgan fingerprint density at radius 2 is 2.07 bits per heavy atom. The Bertz CT molecular complexity index is 158. The first-order valence-electron chi connectivity index (χ1n) is 5.90. The van der Waals surface area contributed by atoms with Crippen LogP contribution in [0.3, 0.4) is 0 Å². The van der Waals surface area contributed by atoms with E-state index >= 15 is 0 Å². The maximum Gasteiger partial charge on any atom is 0.0108 e. The fraction of sp³-hybridized carbons (Fsp3) is 1.00. The van der Waals surface area contributed by atoms with Crippen molar-refractivity contribution in [1.82, 2.24) is 4.90 Å². The van der Waals surface area contributed by atoms with Gasteiger partial charge >= 0.3 is 0 Å². The summed E-state index contributed by atoms with van der Waals surface area (Å²) in [7, 11) is 0. The van der Waals surface area contributed by atoms with Gasteiger partial charge in [-0.25, -0.2) is 0 Å². The number of likely N-dealkylation sites (tertiary alicyclic amines) is 1. The molecule has 0 aliphatic carbocycles. The maximum atomic E-state index is 2.66. The highest BCUT2D eigenvalue weighted by Crippen LogP contribution is 2.25. The molecule has 0 aromatic carbocycles. The van der Waals surface area contributed by atoms with Crippen LogP contribution >= 0.6 is 11.8 Å². The number of nitrogens with zero attached hydrogens (tertiary/aromatic N) is 1. The van der Waals surface area contributed by atoms with Crippen molar-refractivity contribution in [2.75, 3.05) is 19.3 Å². The molecule has 84 valence electrons. The third-order valence-corrected chi connectivity index (χ3v) is 4.21. The van der Waals surface area contributed by atoms with Gasteiger partial charge < -0.3 is 4.90 Å². The van der Waals surface area contributed by atoms with E-state index in [2.05, 4.69) is 31.9 Å². The minimum atomic E-state index is 0.829. The molecule has 0 bridgehead atoms. The van der Waals surface area contributed by atoms with Crippen molar-refractivity contribution in [3.63, 3.8) is 0 Å². The summed E-state index contributed by atoms with van der Waals surface area (Å²) in [6, 6.07) is 0.909. The Kier molecular flexibility index (Phi) is 5.32. The highest BCUT2D eigenvalue weighted by atomic mass is 32.2. The second kappa shape index (κ2) is 6.02. The Labute approximate surface area is 93.6 Å². The summed E-state index contributed by atoms with van der Waals surface area (Å²) in [5, 5.41) is 0.844. The van der Waals surface area contributed by atoms with Gasteiger partial charge in [-0.05, 0) is 38.0 Å². The lowest BCUT2D eigenvalue weighted by molar-refractivity contribution is 0.0694. The van der Waals surface area contributed by atoms with E-state index < -0.39 is 0 Å². The molecule has 1 nitrogen and oxygen atoms in total. The molecule has 0 spiro atoms. The molecule has 0 N–H and O–H groups in total. The quantitative estimate of drug-likeness (QED) is 0.669. The van der Waals surface area contributed by atoms with E-state index in [1.54, 1.807) is 0 Å². The van der Waals surface area contributed by atoms with Crippen molar-refractivity contribution >= 4 is 11.8 Å². The predicted octanol–water partition coefficient (Wildman–Crippen LogP) is 3.25. The second-order valence-electron chi connectivity index (χ2n) is 4.95. The van der Waals surface area contributed by atoms with Gasteiger partial charge in [0.25, 0.3) is 0 Å². The molecule has 1 aliphatic rings. The van der Waals surface area contributed by atoms with E-state index in [1.165, 1.54) is 32.4 Å². The van der Waals surface area contributed by atoms with Gasteiger partial charge in [-0.15, -0.1) is 0 Å². The number of thioether (sulfide) groups is 1. The van der Waals surface area contributed by atoms with Gasteiger partial charge in [0.15, 0.2) is 0 Å². The second-order valence-corrected chi connectivity index (χ2v) is 6.23. The fourth-order valence-electron chi connectivity index (χ4n) is 2.08. The summed E-state index contributed by atoms with van der Waals surface area (Å²) >= 11 is 2.00. The van der Waals surface area contributed by atoms with Gasteiger partial charge in [0.2, 0.25) is 0 Å². The van der Waals surface area contributed by atoms with Crippen LogP contribution in [0.25, 0.3) is 0 Å². The molecule has 1 saturated heterocycles. The normalized spacial score (nSPS) is 25.1. The van der Waals surface area contributed by atoms with E-state index in [0.717, 1.165) is 17.2 Å². The van der Waals surface area contributed by atoms with Crippen LogP contribution in [0.5, 0.6) is 0 Å². The largest absolute Gasteiger partial charge is 0.300 e. The molecule has 0 aromatic heterocycles. The molecule has 0 aromatic rings. The van der Waals surface area contributed by atoms with Gasteiger partial charge in [0.05, 0.1) is 0 Å². The first-order valence-corrected chi connectivity index (χ1v) is 7.19. The van der Waals surface area contributed by atoms with Crippen molar-refractivity contribution in [2.24, 2.45) is 5.92 Å². The van der Waals surface area contributed by atoms with Crippen LogP contribution < -0.4 is 0 Å². The molecule has 2 unspecified atom stereocenters. The van der Waals surface area contributed by atoms with E-state index in [1.807, 2.05) is 11.8 Å². The van der Waals surface area contributed by atoms with Crippen LogP contribution in [-0.2, 0) is 0 Å². The Hall–Kier alpha value is 0.310. The Balaban J connectivity index is 2.13. The molecule has 1 rings (SSSR count). The minimum absolute atomic E-state index is 0.829. The molecule has 1 aliphatic heterocycles. The average molecular weight is 215 g/mol. The van der Waals surface area contributed by atoms with E-state index in [9.17, 15) is 0 Å². The molecular weight excluding hydrogens is 190 g/mol. The molecule has 0 saturated carbocycles. The summed E-state index contributed by atoms with van der Waals surface area (Å²) in [5.41, 5.74) is 0. The number of hydrogen-bond acceptors (Lipinski definition) is 2. The summed E-state index contributed by atoms with van der Waals surface area (Å²) in [5.74, 6) is 0.829. The molecule has 2 atom stereocenters. The van der Waals surface area contributed by atoms with Crippen LogP contribution in [0.1, 0.15) is 40.0 Å². The lowest BCUT2D eigenvalue weighted by Gasteiger charge is -2.42. The minimum Gasteiger partial charge on any atom is -0.300 e. The summed E-state index contributed by atoms with van der Waals surface area (Å²) in [6.07, 6.45) is 6.46. The summed E-state index contributed by atoms with van der Waals surface area (Å²) in [4.78, 5) is 2.66. The third kappa shape index (κ3) is 3.82. The molecule has 14 heavy (non-hydrogen) atoms. The van der Waals surface area contributed by atoms with E-state index in [0.29, 0.717) is 0 Å². The van der Waals surface area contributed by atoms with Crippen molar-refractivity contribution in [3.8, 4) is 0 Å². The third-order valence-electron chi connectivity index (χ3n) is 3.17. The van der Waals surface area contributed by atoms with Crippen LogP contribution in [0.15, 0.2) is 0 Å².